The molecular weight excluding hydrogens is 195 g/mol. The van der Waals surface area contributed by atoms with Crippen molar-refractivity contribution in [1.82, 2.24) is 0 Å². The van der Waals surface area contributed by atoms with E-state index in [9.17, 15) is 4.39 Å². The second-order valence-electron chi connectivity index (χ2n) is 4.55. The van der Waals surface area contributed by atoms with Crippen molar-refractivity contribution in [2.75, 3.05) is 36.9 Å². The molecule has 1 aromatic carbocycles. The molecule has 2 saturated heterocycles. The Morgan fingerprint density at radius 2 is 2.07 bits per heavy atom. The van der Waals surface area contributed by atoms with Gasteiger partial charge >= 0.3 is 0 Å². The Labute approximate surface area is 87.6 Å². The Morgan fingerprint density at radius 3 is 2.60 bits per heavy atom. The molecule has 2 fully saturated rings. The predicted molar refractivity (Wildman–Crippen MR) is 56.3 cm³/mol. The lowest BCUT2D eigenvalue weighted by atomic mass is 9.78. The van der Waals surface area contributed by atoms with Crippen molar-refractivity contribution in [3.63, 3.8) is 0 Å². The Bertz CT molecular complexity index is 396. The van der Waals surface area contributed by atoms with Crippen LogP contribution in [0.4, 0.5) is 15.8 Å². The summed E-state index contributed by atoms with van der Waals surface area (Å²) in [6, 6.07) is 4.90. The second kappa shape index (κ2) is 2.85. The van der Waals surface area contributed by atoms with Crippen LogP contribution in [0.2, 0.25) is 0 Å². The van der Waals surface area contributed by atoms with Crippen LogP contribution in [0, 0.1) is 11.2 Å². The van der Waals surface area contributed by atoms with Gasteiger partial charge in [0.15, 0.2) is 0 Å². The van der Waals surface area contributed by atoms with E-state index in [0.29, 0.717) is 5.41 Å². The van der Waals surface area contributed by atoms with E-state index in [1.807, 2.05) is 0 Å². The fourth-order valence-corrected chi connectivity index (χ4v) is 2.25. The van der Waals surface area contributed by atoms with Gasteiger partial charge in [0.2, 0.25) is 0 Å². The van der Waals surface area contributed by atoms with Gasteiger partial charge in [-0.25, -0.2) is 4.39 Å². The minimum atomic E-state index is -0.346. The van der Waals surface area contributed by atoms with Crippen LogP contribution >= 0.6 is 0 Å². The Kier molecular flexibility index (Phi) is 1.71. The van der Waals surface area contributed by atoms with Gasteiger partial charge in [-0.3, -0.25) is 0 Å². The molecule has 0 unspecified atom stereocenters. The van der Waals surface area contributed by atoms with Crippen molar-refractivity contribution in [1.29, 1.82) is 0 Å². The smallest absolute Gasteiger partial charge is 0.146 e. The highest BCUT2D eigenvalue weighted by Crippen LogP contribution is 2.40. The van der Waals surface area contributed by atoms with Gasteiger partial charge in [-0.2, -0.15) is 0 Å². The number of halogens is 1. The van der Waals surface area contributed by atoms with E-state index in [1.165, 1.54) is 6.07 Å². The van der Waals surface area contributed by atoms with Crippen molar-refractivity contribution in [3.8, 4) is 0 Å². The molecule has 2 aliphatic heterocycles. The third-order valence-corrected chi connectivity index (χ3v) is 3.21. The zero-order valence-corrected chi connectivity index (χ0v) is 8.37. The molecule has 0 saturated carbocycles. The summed E-state index contributed by atoms with van der Waals surface area (Å²) in [5, 5.41) is 0. The molecule has 0 amide bonds. The van der Waals surface area contributed by atoms with E-state index in [1.54, 1.807) is 12.1 Å². The largest absolute Gasteiger partial charge is 0.396 e. The van der Waals surface area contributed by atoms with Crippen LogP contribution in [0.5, 0.6) is 0 Å². The number of benzene rings is 1. The van der Waals surface area contributed by atoms with Crippen molar-refractivity contribution in [2.45, 2.75) is 0 Å². The van der Waals surface area contributed by atoms with Crippen LogP contribution < -0.4 is 10.6 Å². The summed E-state index contributed by atoms with van der Waals surface area (Å²) in [5.74, 6) is -0.346. The summed E-state index contributed by atoms with van der Waals surface area (Å²) in [6.07, 6.45) is 0. The van der Waals surface area contributed by atoms with Gasteiger partial charge < -0.3 is 15.4 Å². The lowest BCUT2D eigenvalue weighted by Gasteiger charge is -2.56. The number of rotatable bonds is 1. The first-order valence-corrected chi connectivity index (χ1v) is 5.06. The minimum absolute atomic E-state index is 0.221. The maximum atomic E-state index is 12.9. The quantitative estimate of drug-likeness (QED) is 0.706. The van der Waals surface area contributed by atoms with Crippen LogP contribution in [0.25, 0.3) is 0 Å². The average molecular weight is 208 g/mol. The lowest BCUT2D eigenvalue weighted by molar-refractivity contribution is -0.127. The molecule has 80 valence electrons. The lowest BCUT2D eigenvalue weighted by Crippen LogP contribution is -2.66. The summed E-state index contributed by atoms with van der Waals surface area (Å²) in [4.78, 5) is 2.21. The number of anilines is 2. The van der Waals surface area contributed by atoms with Gasteiger partial charge in [-0.05, 0) is 18.2 Å². The van der Waals surface area contributed by atoms with Gasteiger partial charge in [0.25, 0.3) is 0 Å². The molecule has 0 radical (unpaired) electrons. The minimum Gasteiger partial charge on any atom is -0.396 e. The first kappa shape index (κ1) is 8.97. The van der Waals surface area contributed by atoms with Gasteiger partial charge in [0.1, 0.15) is 5.82 Å². The fraction of sp³-hybridized carbons (Fsp3) is 0.455. The van der Waals surface area contributed by atoms with Crippen LogP contribution in [0.3, 0.4) is 0 Å². The van der Waals surface area contributed by atoms with Gasteiger partial charge in [0.05, 0.1) is 24.3 Å². The molecule has 2 N–H and O–H groups in total. The molecule has 3 nitrogen and oxygen atoms in total. The summed E-state index contributed by atoms with van der Waals surface area (Å²) in [6.45, 7) is 3.72. The molecule has 3 rings (SSSR count). The molecule has 0 aliphatic carbocycles. The maximum Gasteiger partial charge on any atom is 0.146 e. The van der Waals surface area contributed by atoms with E-state index in [0.717, 1.165) is 32.0 Å². The zero-order chi connectivity index (χ0) is 10.5. The van der Waals surface area contributed by atoms with Gasteiger partial charge in [-0.1, -0.05) is 0 Å². The third-order valence-electron chi connectivity index (χ3n) is 3.21. The van der Waals surface area contributed by atoms with Crippen LogP contribution in [0.15, 0.2) is 18.2 Å². The monoisotopic (exact) mass is 208 g/mol. The zero-order valence-electron chi connectivity index (χ0n) is 8.37. The number of hydrogen-bond donors (Lipinski definition) is 1. The van der Waals surface area contributed by atoms with E-state index in [4.69, 9.17) is 10.5 Å². The van der Waals surface area contributed by atoms with Crippen molar-refractivity contribution < 1.29 is 9.13 Å². The molecule has 0 bridgehead atoms. The van der Waals surface area contributed by atoms with Crippen LogP contribution in [-0.2, 0) is 4.74 Å². The number of nitrogens with two attached hydrogens (primary N) is 1. The highest BCUT2D eigenvalue weighted by Gasteiger charge is 2.49. The molecule has 4 heteroatoms. The first-order valence-electron chi connectivity index (χ1n) is 5.06. The highest BCUT2D eigenvalue weighted by molar-refractivity contribution is 5.58. The molecule has 15 heavy (non-hydrogen) atoms. The number of ether oxygens (including phenoxy) is 1. The van der Waals surface area contributed by atoms with E-state index < -0.39 is 0 Å². The average Bonchev–Trinajstić information content (AvgIpc) is 2.06. The van der Waals surface area contributed by atoms with Crippen LogP contribution in [-0.4, -0.2) is 26.3 Å². The Balaban J connectivity index is 1.75. The topological polar surface area (TPSA) is 38.5 Å². The fourth-order valence-electron chi connectivity index (χ4n) is 2.25. The molecule has 1 spiro atoms. The molecule has 0 aromatic heterocycles. The second-order valence-corrected chi connectivity index (χ2v) is 4.55. The van der Waals surface area contributed by atoms with Crippen molar-refractivity contribution in [2.24, 2.45) is 5.41 Å². The first-order chi connectivity index (χ1) is 7.19. The summed E-state index contributed by atoms with van der Waals surface area (Å²) < 4.78 is 18.1. The molecule has 2 aliphatic rings. The third kappa shape index (κ3) is 1.28. The van der Waals surface area contributed by atoms with Crippen LogP contribution in [0.1, 0.15) is 0 Å². The van der Waals surface area contributed by atoms with E-state index >= 15 is 0 Å². The van der Waals surface area contributed by atoms with E-state index in [2.05, 4.69) is 4.90 Å². The summed E-state index contributed by atoms with van der Waals surface area (Å²) >= 11 is 0. The van der Waals surface area contributed by atoms with Gasteiger partial charge in [0, 0.05) is 18.8 Å². The normalized spacial score (nSPS) is 22.3. The summed E-state index contributed by atoms with van der Waals surface area (Å²) in [5.41, 5.74) is 7.13. The number of nitrogens with zero attached hydrogens (tertiary/aromatic N) is 1. The number of nitrogen functional groups attached to an aromatic ring is 1. The maximum absolute atomic E-state index is 12.9. The Hall–Kier alpha value is -1.29. The van der Waals surface area contributed by atoms with Gasteiger partial charge in [-0.15, -0.1) is 0 Å². The molecule has 0 atom stereocenters. The molecular formula is C11H13FN2O. The Morgan fingerprint density at radius 1 is 1.33 bits per heavy atom. The SMILES string of the molecule is Nc1cc(N2CC3(COC3)C2)ccc1F. The summed E-state index contributed by atoms with van der Waals surface area (Å²) in [7, 11) is 0. The predicted octanol–water partition coefficient (Wildman–Crippen LogP) is 1.24. The molecule has 2 heterocycles. The number of hydrogen-bond acceptors (Lipinski definition) is 3. The van der Waals surface area contributed by atoms with Crippen molar-refractivity contribution >= 4 is 11.4 Å². The molecule has 1 aromatic rings. The van der Waals surface area contributed by atoms with E-state index in [-0.39, 0.29) is 11.5 Å². The van der Waals surface area contributed by atoms with Crippen molar-refractivity contribution in [3.05, 3.63) is 24.0 Å². The standard InChI is InChI=1S/C11H13FN2O/c12-9-2-1-8(3-10(9)13)14-4-11(5-14)6-15-7-11/h1-3H,4-7,13H2. The highest BCUT2D eigenvalue weighted by atomic mass is 19.1.